The average Bonchev–Trinajstić information content (AvgIpc) is 3.04. The van der Waals surface area contributed by atoms with Crippen LogP contribution in [0.1, 0.15) is 27.4 Å². The van der Waals surface area contributed by atoms with E-state index in [1.165, 1.54) is 18.2 Å². The van der Waals surface area contributed by atoms with Gasteiger partial charge in [0.05, 0.1) is 0 Å². The van der Waals surface area contributed by atoms with Gasteiger partial charge in [0.1, 0.15) is 35.7 Å². The minimum Gasteiger partial charge on any atom is -0.542 e. The first kappa shape index (κ1) is 20.5. The minimum absolute atomic E-state index is 0. The normalized spacial score (nSPS) is 10.2. The van der Waals surface area contributed by atoms with Gasteiger partial charge >= 0.3 is 29.6 Å². The van der Waals surface area contributed by atoms with Gasteiger partial charge in [-0.05, 0) is 48.0 Å². The van der Waals surface area contributed by atoms with Gasteiger partial charge in [-0.1, -0.05) is 23.7 Å². The van der Waals surface area contributed by atoms with E-state index in [0.717, 1.165) is 11.1 Å². The fraction of sp³-hybridized carbons (Fsp3) is 0.105. The molecule has 0 aliphatic carbocycles. The van der Waals surface area contributed by atoms with Crippen LogP contribution in [0.4, 0.5) is 4.39 Å². The molecule has 0 saturated carbocycles. The van der Waals surface area contributed by atoms with Crippen LogP contribution in [-0.2, 0) is 13.0 Å². The van der Waals surface area contributed by atoms with Gasteiger partial charge in [-0.15, -0.1) is 0 Å². The molecule has 3 rings (SSSR count). The predicted molar refractivity (Wildman–Crippen MR) is 88.0 cm³/mol. The molecule has 2 aromatic carbocycles. The van der Waals surface area contributed by atoms with Gasteiger partial charge in [0.25, 0.3) is 0 Å². The molecular formula is C19H13ClFNaO4. The fourth-order valence-corrected chi connectivity index (χ4v) is 2.53. The van der Waals surface area contributed by atoms with E-state index < -0.39 is 5.97 Å². The number of furan rings is 1. The fourth-order valence-electron chi connectivity index (χ4n) is 2.34. The summed E-state index contributed by atoms with van der Waals surface area (Å²) in [7, 11) is 0. The monoisotopic (exact) mass is 382 g/mol. The van der Waals surface area contributed by atoms with E-state index in [2.05, 4.69) is 0 Å². The summed E-state index contributed by atoms with van der Waals surface area (Å²) in [6, 6.07) is 14.1. The summed E-state index contributed by atoms with van der Waals surface area (Å²) in [6.07, 6.45) is 0.312. The van der Waals surface area contributed by atoms with E-state index in [1.54, 1.807) is 36.4 Å². The summed E-state index contributed by atoms with van der Waals surface area (Å²) in [5.41, 5.74) is 1.56. The SMILES string of the molecule is O=C([O-])c1ccc(Cc2cc(Cl)ccc2OCc2ccc(F)cc2)o1.[Na+]. The Hall–Kier alpha value is -1.79. The maximum Gasteiger partial charge on any atom is 1.00 e. The third-order valence-electron chi connectivity index (χ3n) is 3.56. The first-order chi connectivity index (χ1) is 12.0. The molecule has 1 heterocycles. The predicted octanol–water partition coefficient (Wildman–Crippen LogP) is 0.609. The van der Waals surface area contributed by atoms with Crippen molar-refractivity contribution in [1.82, 2.24) is 0 Å². The molecule has 0 bridgehead atoms. The largest absolute Gasteiger partial charge is 1.00 e. The van der Waals surface area contributed by atoms with Crippen LogP contribution < -0.4 is 39.4 Å². The third-order valence-corrected chi connectivity index (χ3v) is 3.79. The molecule has 0 N–H and O–H groups in total. The number of hydrogen-bond donors (Lipinski definition) is 0. The molecule has 0 radical (unpaired) electrons. The van der Waals surface area contributed by atoms with Gasteiger partial charge in [0.2, 0.25) is 0 Å². The molecule has 0 unspecified atom stereocenters. The van der Waals surface area contributed by atoms with Crippen LogP contribution >= 0.6 is 11.6 Å². The molecule has 0 fully saturated rings. The Labute approximate surface area is 176 Å². The van der Waals surface area contributed by atoms with Crippen molar-refractivity contribution in [2.24, 2.45) is 0 Å². The molecule has 0 spiro atoms. The topological polar surface area (TPSA) is 62.5 Å². The maximum atomic E-state index is 12.9. The van der Waals surface area contributed by atoms with Gasteiger partial charge in [-0.25, -0.2) is 4.39 Å². The maximum absolute atomic E-state index is 12.9. The van der Waals surface area contributed by atoms with E-state index in [0.29, 0.717) is 23.0 Å². The van der Waals surface area contributed by atoms with Crippen molar-refractivity contribution in [3.05, 3.63) is 88.1 Å². The molecule has 7 heteroatoms. The summed E-state index contributed by atoms with van der Waals surface area (Å²) in [5, 5.41) is 11.3. The van der Waals surface area contributed by atoms with Crippen molar-refractivity contribution in [2.75, 3.05) is 0 Å². The smallest absolute Gasteiger partial charge is 0.542 e. The molecular weight excluding hydrogens is 370 g/mol. The van der Waals surface area contributed by atoms with Crippen molar-refractivity contribution in [1.29, 1.82) is 0 Å². The Kier molecular flexibility index (Phi) is 7.29. The summed E-state index contributed by atoms with van der Waals surface area (Å²) < 4.78 is 24.0. The van der Waals surface area contributed by atoms with Crippen LogP contribution in [0.5, 0.6) is 5.75 Å². The Morgan fingerprint density at radius 2 is 1.85 bits per heavy atom. The van der Waals surface area contributed by atoms with Crippen molar-refractivity contribution < 1.29 is 53.0 Å². The number of rotatable bonds is 6. The zero-order valence-corrected chi connectivity index (χ0v) is 16.8. The van der Waals surface area contributed by atoms with E-state index in [4.69, 9.17) is 20.8 Å². The van der Waals surface area contributed by atoms with E-state index in [9.17, 15) is 14.3 Å². The van der Waals surface area contributed by atoms with E-state index in [-0.39, 0.29) is 47.7 Å². The number of carboxylic acid groups (broad SMARTS) is 1. The first-order valence-electron chi connectivity index (χ1n) is 7.47. The summed E-state index contributed by atoms with van der Waals surface area (Å²) in [4.78, 5) is 10.8. The van der Waals surface area contributed by atoms with Gasteiger partial charge in [0, 0.05) is 17.0 Å². The van der Waals surface area contributed by atoms with Crippen molar-refractivity contribution in [2.45, 2.75) is 13.0 Å². The summed E-state index contributed by atoms with van der Waals surface area (Å²) in [6.45, 7) is 0.261. The van der Waals surface area contributed by atoms with Crippen molar-refractivity contribution in [3.63, 3.8) is 0 Å². The second-order valence-corrected chi connectivity index (χ2v) is 5.83. The van der Waals surface area contributed by atoms with E-state index in [1.807, 2.05) is 0 Å². The molecule has 0 amide bonds. The average molecular weight is 383 g/mol. The number of ether oxygens (including phenoxy) is 1. The number of carbonyl (C=O) groups excluding carboxylic acids is 1. The Bertz CT molecular complexity index is 893. The second kappa shape index (κ2) is 9.24. The molecule has 26 heavy (non-hydrogen) atoms. The van der Waals surface area contributed by atoms with Crippen LogP contribution in [-0.4, -0.2) is 5.97 Å². The third kappa shape index (κ3) is 5.35. The Balaban J connectivity index is 0.00000243. The van der Waals surface area contributed by atoms with Crippen LogP contribution in [0.25, 0.3) is 0 Å². The van der Waals surface area contributed by atoms with Crippen molar-refractivity contribution >= 4 is 17.6 Å². The molecule has 4 nitrogen and oxygen atoms in total. The van der Waals surface area contributed by atoms with Gasteiger partial charge in [-0.2, -0.15) is 0 Å². The number of carbonyl (C=O) groups is 1. The Morgan fingerprint density at radius 1 is 1.12 bits per heavy atom. The standard InChI is InChI=1S/C19H14ClFO4.Na/c20-14-3-7-17(24-11-12-1-4-15(21)5-2-12)13(9-14)10-16-6-8-18(25-16)19(22)23;/h1-9H,10-11H2,(H,22,23);/q;+1/p-1. The number of halogens is 2. The molecule has 0 aliphatic heterocycles. The number of hydrogen-bond acceptors (Lipinski definition) is 4. The van der Waals surface area contributed by atoms with Gasteiger partial charge in [0.15, 0.2) is 0 Å². The van der Waals surface area contributed by atoms with Crippen molar-refractivity contribution in [3.8, 4) is 5.75 Å². The zero-order chi connectivity index (χ0) is 17.8. The summed E-state index contributed by atoms with van der Waals surface area (Å²) in [5.74, 6) is -0.873. The number of aromatic carboxylic acids is 1. The second-order valence-electron chi connectivity index (χ2n) is 5.40. The van der Waals surface area contributed by atoms with Crippen LogP contribution in [0.3, 0.4) is 0 Å². The quantitative estimate of drug-likeness (QED) is 0.586. The Morgan fingerprint density at radius 3 is 2.50 bits per heavy atom. The van der Waals surface area contributed by atoms with Gasteiger partial charge in [-0.3, -0.25) is 0 Å². The van der Waals surface area contributed by atoms with Crippen LogP contribution in [0, 0.1) is 5.82 Å². The summed E-state index contributed by atoms with van der Waals surface area (Å²) >= 11 is 6.04. The first-order valence-corrected chi connectivity index (χ1v) is 7.85. The van der Waals surface area contributed by atoms with Crippen LogP contribution in [0.15, 0.2) is 59.0 Å². The molecule has 0 aliphatic rings. The molecule has 128 valence electrons. The molecule has 1 aromatic heterocycles. The molecule has 3 aromatic rings. The van der Waals surface area contributed by atoms with Gasteiger partial charge < -0.3 is 19.1 Å². The molecule has 0 atom stereocenters. The minimum atomic E-state index is -1.37. The molecule has 0 saturated heterocycles. The number of carboxylic acids is 1. The van der Waals surface area contributed by atoms with E-state index >= 15 is 0 Å². The zero-order valence-electron chi connectivity index (χ0n) is 14.0. The van der Waals surface area contributed by atoms with Crippen LogP contribution in [0.2, 0.25) is 5.02 Å². The number of benzene rings is 2.